The van der Waals surface area contributed by atoms with E-state index in [4.69, 9.17) is 4.74 Å². The first-order chi connectivity index (χ1) is 6.74. The minimum Gasteiger partial charge on any atom is -0.465 e. The van der Waals surface area contributed by atoms with Crippen LogP contribution in [0.2, 0.25) is 0 Å². The highest BCUT2D eigenvalue weighted by Crippen LogP contribution is 2.20. The fourth-order valence-electron chi connectivity index (χ4n) is 1.18. The van der Waals surface area contributed by atoms with E-state index < -0.39 is 0 Å². The van der Waals surface area contributed by atoms with Crippen LogP contribution in [-0.2, 0) is 9.53 Å². The van der Waals surface area contributed by atoms with E-state index in [-0.39, 0.29) is 11.9 Å². The molecule has 0 aromatic heterocycles. The van der Waals surface area contributed by atoms with Gasteiger partial charge in [0.2, 0.25) is 0 Å². The lowest BCUT2D eigenvalue weighted by molar-refractivity contribution is -0.149. The van der Waals surface area contributed by atoms with Crippen LogP contribution in [0.5, 0.6) is 0 Å². The van der Waals surface area contributed by atoms with Gasteiger partial charge < -0.3 is 4.74 Å². The van der Waals surface area contributed by atoms with Gasteiger partial charge in [-0.25, -0.2) is 0 Å². The highest BCUT2D eigenvalue weighted by molar-refractivity contribution is 5.72. The first-order valence-electron chi connectivity index (χ1n) is 5.90. The van der Waals surface area contributed by atoms with Crippen molar-refractivity contribution >= 4 is 5.97 Å². The van der Waals surface area contributed by atoms with E-state index in [0.717, 1.165) is 12.8 Å². The second-order valence-electron chi connectivity index (χ2n) is 5.86. The van der Waals surface area contributed by atoms with Gasteiger partial charge in [0.1, 0.15) is 0 Å². The van der Waals surface area contributed by atoms with Crippen LogP contribution >= 0.6 is 0 Å². The first-order valence-corrected chi connectivity index (χ1v) is 5.90. The molecular formula is C13H26O2. The van der Waals surface area contributed by atoms with Crippen molar-refractivity contribution in [1.82, 2.24) is 0 Å². The maximum absolute atomic E-state index is 11.5. The summed E-state index contributed by atoms with van der Waals surface area (Å²) in [5.74, 6) is 0.318. The first kappa shape index (κ1) is 14.5. The van der Waals surface area contributed by atoms with Crippen molar-refractivity contribution in [3.05, 3.63) is 0 Å². The van der Waals surface area contributed by atoms with E-state index >= 15 is 0 Å². The standard InChI is InChI=1S/C13H26O2/c1-10(2)11(3)12(14)15-9-7-8-13(4,5)6/h10-11H,7-9H2,1-6H3/t11-/m0/s1. The Morgan fingerprint density at radius 3 is 2.13 bits per heavy atom. The van der Waals surface area contributed by atoms with Gasteiger partial charge in [-0.3, -0.25) is 4.79 Å². The van der Waals surface area contributed by atoms with Crippen molar-refractivity contribution in [2.45, 2.75) is 54.4 Å². The molecule has 0 rings (SSSR count). The second kappa shape index (κ2) is 6.14. The molecule has 2 nitrogen and oxygen atoms in total. The Bertz CT molecular complexity index is 189. The Labute approximate surface area is 94.4 Å². The average molecular weight is 214 g/mol. The lowest BCUT2D eigenvalue weighted by Crippen LogP contribution is -2.20. The average Bonchev–Trinajstić information content (AvgIpc) is 2.09. The van der Waals surface area contributed by atoms with Gasteiger partial charge in [0.15, 0.2) is 0 Å². The highest BCUT2D eigenvalue weighted by atomic mass is 16.5. The van der Waals surface area contributed by atoms with Crippen LogP contribution in [0.3, 0.4) is 0 Å². The largest absolute Gasteiger partial charge is 0.465 e. The molecular weight excluding hydrogens is 188 g/mol. The lowest BCUT2D eigenvalue weighted by Gasteiger charge is -2.18. The molecule has 2 heteroatoms. The van der Waals surface area contributed by atoms with Gasteiger partial charge in [0.05, 0.1) is 12.5 Å². The van der Waals surface area contributed by atoms with Crippen molar-refractivity contribution in [2.75, 3.05) is 6.61 Å². The molecule has 0 spiro atoms. The predicted octanol–water partition coefficient (Wildman–Crippen LogP) is 3.65. The number of hydrogen-bond donors (Lipinski definition) is 0. The fraction of sp³-hybridized carbons (Fsp3) is 0.923. The molecule has 0 N–H and O–H groups in total. The molecule has 0 saturated carbocycles. The van der Waals surface area contributed by atoms with Crippen LogP contribution in [0.25, 0.3) is 0 Å². The molecule has 0 bridgehead atoms. The van der Waals surface area contributed by atoms with E-state index in [2.05, 4.69) is 20.8 Å². The lowest BCUT2D eigenvalue weighted by atomic mass is 9.91. The summed E-state index contributed by atoms with van der Waals surface area (Å²) in [7, 11) is 0. The number of carbonyl (C=O) groups excluding carboxylic acids is 1. The number of hydrogen-bond acceptors (Lipinski definition) is 2. The molecule has 0 aliphatic heterocycles. The van der Waals surface area contributed by atoms with Crippen molar-refractivity contribution in [2.24, 2.45) is 17.3 Å². The van der Waals surface area contributed by atoms with Crippen LogP contribution < -0.4 is 0 Å². The van der Waals surface area contributed by atoms with E-state index in [1.165, 1.54) is 0 Å². The molecule has 0 aromatic rings. The van der Waals surface area contributed by atoms with Crippen molar-refractivity contribution in [1.29, 1.82) is 0 Å². The molecule has 0 heterocycles. The quantitative estimate of drug-likeness (QED) is 0.516. The van der Waals surface area contributed by atoms with Gasteiger partial charge in [-0.05, 0) is 24.2 Å². The van der Waals surface area contributed by atoms with Gasteiger partial charge in [-0.2, -0.15) is 0 Å². The Morgan fingerprint density at radius 2 is 1.73 bits per heavy atom. The third-order valence-corrected chi connectivity index (χ3v) is 2.69. The molecule has 1 atom stereocenters. The summed E-state index contributed by atoms with van der Waals surface area (Å²) < 4.78 is 5.22. The monoisotopic (exact) mass is 214 g/mol. The molecule has 0 aliphatic rings. The molecule has 90 valence electrons. The smallest absolute Gasteiger partial charge is 0.308 e. The summed E-state index contributed by atoms with van der Waals surface area (Å²) in [5.41, 5.74) is 0.329. The summed E-state index contributed by atoms with van der Waals surface area (Å²) in [6, 6.07) is 0. The number of ether oxygens (including phenoxy) is 1. The van der Waals surface area contributed by atoms with Crippen LogP contribution in [0.4, 0.5) is 0 Å². The summed E-state index contributed by atoms with van der Waals surface area (Å²) in [6.45, 7) is 13.2. The zero-order chi connectivity index (χ0) is 12.1. The minimum atomic E-state index is -0.0566. The maximum atomic E-state index is 11.5. The molecule has 0 radical (unpaired) electrons. The molecule has 0 aromatic carbocycles. The summed E-state index contributed by atoms with van der Waals surface area (Å²) in [6.07, 6.45) is 2.05. The van der Waals surface area contributed by atoms with E-state index in [1.54, 1.807) is 0 Å². The second-order valence-corrected chi connectivity index (χ2v) is 5.86. The molecule has 0 aliphatic carbocycles. The SMILES string of the molecule is CC(C)[C@H](C)C(=O)OCCCC(C)(C)C. The summed E-state index contributed by atoms with van der Waals surface area (Å²) in [5, 5.41) is 0. The normalized spacial score (nSPS) is 14.1. The molecule has 0 saturated heterocycles. The van der Waals surface area contributed by atoms with Crippen LogP contribution in [0, 0.1) is 17.3 Å². The molecule has 0 unspecified atom stereocenters. The van der Waals surface area contributed by atoms with Crippen LogP contribution in [0.1, 0.15) is 54.4 Å². The summed E-state index contributed by atoms with van der Waals surface area (Å²) in [4.78, 5) is 11.5. The van der Waals surface area contributed by atoms with Crippen molar-refractivity contribution < 1.29 is 9.53 Å². The number of esters is 1. The van der Waals surface area contributed by atoms with Gasteiger partial charge in [-0.1, -0.05) is 41.5 Å². The number of carbonyl (C=O) groups is 1. The molecule has 15 heavy (non-hydrogen) atoms. The van der Waals surface area contributed by atoms with Gasteiger partial charge in [-0.15, -0.1) is 0 Å². The predicted molar refractivity (Wildman–Crippen MR) is 63.7 cm³/mol. The Balaban J connectivity index is 3.65. The van der Waals surface area contributed by atoms with Gasteiger partial charge in [0, 0.05) is 0 Å². The minimum absolute atomic E-state index is 0.0136. The van der Waals surface area contributed by atoms with Crippen molar-refractivity contribution in [3.63, 3.8) is 0 Å². The third kappa shape index (κ3) is 7.40. The van der Waals surface area contributed by atoms with Crippen molar-refractivity contribution in [3.8, 4) is 0 Å². The Hall–Kier alpha value is -0.530. The molecule has 0 amide bonds. The highest BCUT2D eigenvalue weighted by Gasteiger charge is 2.18. The van der Waals surface area contributed by atoms with Gasteiger partial charge in [0.25, 0.3) is 0 Å². The van der Waals surface area contributed by atoms with Crippen LogP contribution in [0.15, 0.2) is 0 Å². The zero-order valence-electron chi connectivity index (χ0n) is 11.1. The zero-order valence-corrected chi connectivity index (χ0v) is 11.1. The van der Waals surface area contributed by atoms with Gasteiger partial charge >= 0.3 is 5.97 Å². The van der Waals surface area contributed by atoms with E-state index in [0.29, 0.717) is 17.9 Å². The van der Waals surface area contributed by atoms with E-state index in [1.807, 2.05) is 20.8 Å². The van der Waals surface area contributed by atoms with E-state index in [9.17, 15) is 4.79 Å². The maximum Gasteiger partial charge on any atom is 0.308 e. The fourth-order valence-corrected chi connectivity index (χ4v) is 1.18. The molecule has 0 fully saturated rings. The Morgan fingerprint density at radius 1 is 1.20 bits per heavy atom. The number of rotatable bonds is 5. The Kier molecular flexibility index (Phi) is 5.92. The summed E-state index contributed by atoms with van der Waals surface area (Å²) >= 11 is 0. The third-order valence-electron chi connectivity index (χ3n) is 2.69. The van der Waals surface area contributed by atoms with Crippen LogP contribution in [-0.4, -0.2) is 12.6 Å². The topological polar surface area (TPSA) is 26.3 Å².